The molecule has 1 aliphatic rings. The number of nitrogens with zero attached hydrogens (tertiary/aromatic N) is 3. The fourth-order valence-corrected chi connectivity index (χ4v) is 4.02. The smallest absolute Gasteiger partial charge is 0.214 e. The van der Waals surface area contributed by atoms with Gasteiger partial charge in [0.25, 0.3) is 0 Å². The highest BCUT2D eigenvalue weighted by Gasteiger charge is 2.27. The van der Waals surface area contributed by atoms with E-state index in [9.17, 15) is 9.18 Å². The number of ketones is 1. The molecular formula is C23H19FN6O. The van der Waals surface area contributed by atoms with Crippen molar-refractivity contribution in [1.29, 1.82) is 0 Å². The molecule has 0 saturated heterocycles. The van der Waals surface area contributed by atoms with Gasteiger partial charge in [-0.25, -0.2) is 14.1 Å². The zero-order chi connectivity index (χ0) is 21.1. The van der Waals surface area contributed by atoms with Crippen LogP contribution in [0.5, 0.6) is 0 Å². The van der Waals surface area contributed by atoms with Crippen LogP contribution < -0.4 is 5.32 Å². The lowest BCUT2D eigenvalue weighted by atomic mass is 10.1. The number of carbonyl (C=O) groups excluding carboxylic acids is 1. The molecule has 3 heterocycles. The van der Waals surface area contributed by atoms with Crippen LogP contribution in [0.4, 0.5) is 10.2 Å². The number of imidazole rings is 1. The largest absolute Gasteiger partial charge is 0.372 e. The van der Waals surface area contributed by atoms with Crippen LogP contribution in [-0.4, -0.2) is 37.6 Å². The number of H-pyrrole nitrogens is 2. The Morgan fingerprint density at radius 2 is 2.00 bits per heavy atom. The van der Waals surface area contributed by atoms with Gasteiger partial charge in [-0.2, -0.15) is 5.10 Å². The van der Waals surface area contributed by atoms with Crippen molar-refractivity contribution in [3.63, 3.8) is 0 Å². The molecule has 1 saturated carbocycles. The molecule has 7 nitrogen and oxygen atoms in total. The highest BCUT2D eigenvalue weighted by molar-refractivity contribution is 6.12. The van der Waals surface area contributed by atoms with Gasteiger partial charge >= 0.3 is 0 Å². The molecule has 0 spiro atoms. The van der Waals surface area contributed by atoms with Gasteiger partial charge in [0.2, 0.25) is 5.78 Å². The minimum atomic E-state index is -0.340. The normalized spacial score (nSPS) is 13.9. The highest BCUT2D eigenvalue weighted by atomic mass is 19.1. The maximum Gasteiger partial charge on any atom is 0.214 e. The third-order valence-corrected chi connectivity index (χ3v) is 5.77. The maximum atomic E-state index is 13.5. The molecule has 6 rings (SSSR count). The van der Waals surface area contributed by atoms with Crippen LogP contribution in [0.15, 0.2) is 48.7 Å². The Morgan fingerprint density at radius 3 is 2.81 bits per heavy atom. The van der Waals surface area contributed by atoms with Crippen molar-refractivity contribution in [3.8, 4) is 5.69 Å². The Kier molecular flexibility index (Phi) is 3.77. The van der Waals surface area contributed by atoms with E-state index in [-0.39, 0.29) is 11.6 Å². The van der Waals surface area contributed by atoms with Crippen LogP contribution in [-0.2, 0) is 0 Å². The van der Waals surface area contributed by atoms with Crippen LogP contribution in [0.25, 0.3) is 27.6 Å². The number of halogens is 1. The van der Waals surface area contributed by atoms with Gasteiger partial charge in [-0.15, -0.1) is 0 Å². The van der Waals surface area contributed by atoms with E-state index >= 15 is 0 Å². The number of fused-ring (bicyclic) bond motifs is 2. The molecule has 3 aromatic heterocycles. The predicted molar refractivity (Wildman–Crippen MR) is 116 cm³/mol. The minimum Gasteiger partial charge on any atom is -0.372 e. The van der Waals surface area contributed by atoms with Crippen LogP contribution in [0.2, 0.25) is 0 Å². The summed E-state index contributed by atoms with van der Waals surface area (Å²) in [5, 5.41) is 8.21. The zero-order valence-corrected chi connectivity index (χ0v) is 16.7. The lowest BCUT2D eigenvalue weighted by Crippen LogP contribution is -2.08. The van der Waals surface area contributed by atoms with E-state index < -0.39 is 0 Å². The molecule has 0 atom stereocenters. The Labute approximate surface area is 176 Å². The van der Waals surface area contributed by atoms with Crippen molar-refractivity contribution in [2.75, 3.05) is 12.4 Å². The molecule has 5 aromatic rings. The summed E-state index contributed by atoms with van der Waals surface area (Å²) in [5.74, 6) is 1.60. The molecule has 3 N–H and O–H groups in total. The van der Waals surface area contributed by atoms with Gasteiger partial charge in [-0.1, -0.05) is 0 Å². The molecule has 2 aromatic carbocycles. The average molecular weight is 414 g/mol. The van der Waals surface area contributed by atoms with Gasteiger partial charge in [-0.05, 0) is 55.3 Å². The number of nitrogens with one attached hydrogen (secondary N) is 3. The van der Waals surface area contributed by atoms with E-state index in [1.807, 2.05) is 18.2 Å². The Morgan fingerprint density at radius 1 is 1.13 bits per heavy atom. The fraction of sp³-hybridized carbons (Fsp3) is 0.174. The van der Waals surface area contributed by atoms with Crippen molar-refractivity contribution < 1.29 is 9.18 Å². The summed E-state index contributed by atoms with van der Waals surface area (Å²) in [4.78, 5) is 24.3. The highest BCUT2D eigenvalue weighted by Crippen LogP contribution is 2.39. The number of benzene rings is 2. The van der Waals surface area contributed by atoms with Gasteiger partial charge in [0, 0.05) is 23.9 Å². The van der Waals surface area contributed by atoms with Gasteiger partial charge < -0.3 is 15.3 Å². The average Bonchev–Trinajstić information content (AvgIpc) is 3.22. The summed E-state index contributed by atoms with van der Waals surface area (Å²) in [6, 6.07) is 11.9. The minimum absolute atomic E-state index is 0.217. The van der Waals surface area contributed by atoms with Gasteiger partial charge in [-0.3, -0.25) is 4.79 Å². The summed E-state index contributed by atoms with van der Waals surface area (Å²) >= 11 is 0. The Balaban J connectivity index is 1.39. The lowest BCUT2D eigenvalue weighted by Gasteiger charge is -2.08. The molecule has 154 valence electrons. The van der Waals surface area contributed by atoms with Crippen LogP contribution >= 0.6 is 0 Å². The molecule has 0 aliphatic heterocycles. The first-order chi connectivity index (χ1) is 15.1. The zero-order valence-electron chi connectivity index (χ0n) is 16.7. The monoisotopic (exact) mass is 414 g/mol. The third-order valence-electron chi connectivity index (χ3n) is 5.77. The van der Waals surface area contributed by atoms with Crippen molar-refractivity contribution >= 4 is 33.5 Å². The molecule has 31 heavy (non-hydrogen) atoms. The Bertz CT molecular complexity index is 1470. The first-order valence-electron chi connectivity index (χ1n) is 10.2. The van der Waals surface area contributed by atoms with Crippen LogP contribution in [0.1, 0.15) is 40.6 Å². The maximum absolute atomic E-state index is 13.5. The first-order valence-corrected chi connectivity index (χ1v) is 10.2. The molecule has 1 aliphatic carbocycles. The number of rotatable bonds is 5. The number of aromatic amines is 2. The molecule has 0 amide bonds. The second-order valence-electron chi connectivity index (χ2n) is 7.91. The van der Waals surface area contributed by atoms with Gasteiger partial charge in [0.1, 0.15) is 17.5 Å². The quantitative estimate of drug-likeness (QED) is 0.369. The molecule has 0 bridgehead atoms. The summed E-state index contributed by atoms with van der Waals surface area (Å²) in [6.45, 7) is 0. The molecule has 0 unspecified atom stereocenters. The molecule has 1 fully saturated rings. The predicted octanol–water partition coefficient (Wildman–Crippen LogP) is 4.52. The number of anilines is 1. The molecule has 0 radical (unpaired) electrons. The van der Waals surface area contributed by atoms with E-state index in [1.54, 1.807) is 30.1 Å². The van der Waals surface area contributed by atoms with E-state index in [0.717, 1.165) is 22.5 Å². The van der Waals surface area contributed by atoms with Gasteiger partial charge in [0.05, 0.1) is 34.2 Å². The van der Waals surface area contributed by atoms with Crippen LogP contribution in [0.3, 0.4) is 0 Å². The van der Waals surface area contributed by atoms with Crippen molar-refractivity contribution in [1.82, 2.24) is 24.7 Å². The second kappa shape index (κ2) is 6.53. The number of hydrogen-bond acceptors (Lipinski definition) is 4. The summed E-state index contributed by atoms with van der Waals surface area (Å²) in [7, 11) is 1.75. The summed E-state index contributed by atoms with van der Waals surface area (Å²) in [5.41, 5.74) is 4.21. The van der Waals surface area contributed by atoms with E-state index in [0.29, 0.717) is 33.9 Å². The topological polar surface area (TPSA) is 91.4 Å². The van der Waals surface area contributed by atoms with E-state index in [2.05, 4.69) is 25.4 Å². The van der Waals surface area contributed by atoms with Crippen molar-refractivity contribution in [2.45, 2.75) is 18.8 Å². The summed E-state index contributed by atoms with van der Waals surface area (Å²) in [6.07, 6.45) is 3.91. The van der Waals surface area contributed by atoms with E-state index in [1.165, 1.54) is 25.0 Å². The third kappa shape index (κ3) is 2.91. The molecular weight excluding hydrogens is 395 g/mol. The Hall–Kier alpha value is -3.94. The second-order valence-corrected chi connectivity index (χ2v) is 7.91. The van der Waals surface area contributed by atoms with Crippen molar-refractivity contribution in [3.05, 3.63) is 71.6 Å². The fourth-order valence-electron chi connectivity index (χ4n) is 4.02. The number of hydrogen-bond donors (Lipinski definition) is 3. The standard InChI is InChI=1S/C23H19FN6O/c1-25-23-16(21(31)20-9-13-8-14(24)4-6-17(13)27-20)11-26-30(23)15-5-7-18-19(10-15)29-22(28-18)12-2-3-12/h4-12,25,27H,2-3H2,1H3,(H,28,29). The van der Waals surface area contributed by atoms with E-state index in [4.69, 9.17) is 0 Å². The number of aromatic nitrogens is 5. The van der Waals surface area contributed by atoms with Crippen molar-refractivity contribution in [2.24, 2.45) is 0 Å². The summed E-state index contributed by atoms with van der Waals surface area (Å²) < 4.78 is 15.2. The SMILES string of the molecule is CNc1c(C(=O)c2cc3cc(F)ccc3[nH]2)cnn1-c1ccc2nc(C3CC3)[nH]c2c1. The van der Waals surface area contributed by atoms with Gasteiger partial charge in [0.15, 0.2) is 0 Å². The molecule has 8 heteroatoms. The lowest BCUT2D eigenvalue weighted by molar-refractivity contribution is 0.103. The first kappa shape index (κ1) is 17.9. The van der Waals surface area contributed by atoms with Crippen LogP contribution in [0, 0.1) is 5.82 Å². The number of carbonyl (C=O) groups is 1.